The minimum atomic E-state index is -0.986. The Balaban J connectivity index is 2.47. The number of benzene rings is 1. The third-order valence-corrected chi connectivity index (χ3v) is 2.80. The maximum absolute atomic E-state index is 10.5. The third-order valence-electron chi connectivity index (χ3n) is 2.80. The van der Waals surface area contributed by atoms with Crippen LogP contribution in [0.1, 0.15) is 23.6 Å². The summed E-state index contributed by atoms with van der Waals surface area (Å²) < 4.78 is 0. The molecule has 0 fully saturated rings. The molecule has 2 nitrogen and oxygen atoms in total. The predicted molar refractivity (Wildman–Crippen MR) is 64.1 cm³/mol. The number of aliphatic hydroxyl groups is 1. The van der Waals surface area contributed by atoms with Crippen LogP contribution in [0.25, 0.3) is 0 Å². The fourth-order valence-electron chi connectivity index (χ4n) is 1.77. The molecule has 16 heavy (non-hydrogen) atoms. The van der Waals surface area contributed by atoms with E-state index in [1.54, 1.807) is 19.3 Å². The molecule has 0 aliphatic carbocycles. The van der Waals surface area contributed by atoms with Crippen molar-refractivity contribution in [2.75, 3.05) is 0 Å². The molecule has 0 saturated carbocycles. The summed E-state index contributed by atoms with van der Waals surface area (Å²) in [6.07, 6.45) is 3.40. The molecule has 0 spiro atoms. The molecule has 1 unspecified atom stereocenters. The van der Waals surface area contributed by atoms with Crippen LogP contribution in [0.15, 0.2) is 48.8 Å². The lowest BCUT2D eigenvalue weighted by Crippen LogP contribution is -2.22. The van der Waals surface area contributed by atoms with Crippen LogP contribution in [-0.2, 0) is 5.60 Å². The van der Waals surface area contributed by atoms with Crippen molar-refractivity contribution in [2.24, 2.45) is 0 Å². The number of aromatic nitrogens is 1. The first-order valence-electron chi connectivity index (χ1n) is 5.31. The fourth-order valence-corrected chi connectivity index (χ4v) is 1.77. The summed E-state index contributed by atoms with van der Waals surface area (Å²) in [5, 5.41) is 10.5. The van der Waals surface area contributed by atoms with Gasteiger partial charge in [0.2, 0.25) is 0 Å². The molecule has 0 aliphatic rings. The second-order valence-corrected chi connectivity index (χ2v) is 4.18. The Morgan fingerprint density at radius 1 is 1.12 bits per heavy atom. The van der Waals surface area contributed by atoms with Crippen LogP contribution >= 0.6 is 0 Å². The van der Waals surface area contributed by atoms with Crippen LogP contribution in [0.5, 0.6) is 0 Å². The van der Waals surface area contributed by atoms with Crippen molar-refractivity contribution in [2.45, 2.75) is 19.4 Å². The number of pyridine rings is 1. The fraction of sp³-hybridized carbons (Fsp3) is 0.214. The van der Waals surface area contributed by atoms with E-state index in [9.17, 15) is 5.11 Å². The van der Waals surface area contributed by atoms with Crippen LogP contribution in [0.2, 0.25) is 0 Å². The molecule has 2 aromatic rings. The Kier molecular flexibility index (Phi) is 2.75. The van der Waals surface area contributed by atoms with Crippen molar-refractivity contribution in [3.8, 4) is 0 Å². The summed E-state index contributed by atoms with van der Waals surface area (Å²) in [6.45, 7) is 3.81. The van der Waals surface area contributed by atoms with E-state index in [2.05, 4.69) is 4.98 Å². The van der Waals surface area contributed by atoms with Crippen molar-refractivity contribution in [1.29, 1.82) is 0 Å². The SMILES string of the molecule is Cc1cccc(C(C)(O)c2cccnc2)c1. The third kappa shape index (κ3) is 1.97. The quantitative estimate of drug-likeness (QED) is 0.832. The molecule has 1 heterocycles. The van der Waals surface area contributed by atoms with Gasteiger partial charge >= 0.3 is 0 Å². The highest BCUT2D eigenvalue weighted by Crippen LogP contribution is 2.28. The van der Waals surface area contributed by atoms with Gasteiger partial charge in [-0.15, -0.1) is 0 Å². The first-order valence-corrected chi connectivity index (χ1v) is 5.31. The zero-order valence-electron chi connectivity index (χ0n) is 9.51. The highest BCUT2D eigenvalue weighted by Gasteiger charge is 2.25. The van der Waals surface area contributed by atoms with Gasteiger partial charge in [-0.25, -0.2) is 0 Å². The number of hydrogen-bond donors (Lipinski definition) is 1. The van der Waals surface area contributed by atoms with Crippen LogP contribution in [0.3, 0.4) is 0 Å². The van der Waals surface area contributed by atoms with Gasteiger partial charge in [0.25, 0.3) is 0 Å². The highest BCUT2D eigenvalue weighted by molar-refractivity contribution is 5.35. The summed E-state index contributed by atoms with van der Waals surface area (Å²) in [5.74, 6) is 0. The first-order chi connectivity index (χ1) is 7.60. The Bertz CT molecular complexity index is 477. The normalized spacial score (nSPS) is 14.4. The second kappa shape index (κ2) is 4.06. The molecule has 0 amide bonds. The van der Waals surface area contributed by atoms with Crippen molar-refractivity contribution in [1.82, 2.24) is 4.98 Å². The Morgan fingerprint density at radius 3 is 2.50 bits per heavy atom. The molecule has 1 aromatic heterocycles. The standard InChI is InChI=1S/C14H15NO/c1-11-5-3-6-12(9-11)14(2,16)13-7-4-8-15-10-13/h3-10,16H,1-2H3. The van der Waals surface area contributed by atoms with Gasteiger partial charge in [-0.05, 0) is 25.5 Å². The van der Waals surface area contributed by atoms with E-state index >= 15 is 0 Å². The van der Waals surface area contributed by atoms with E-state index in [4.69, 9.17) is 0 Å². The zero-order chi connectivity index (χ0) is 11.6. The monoisotopic (exact) mass is 213 g/mol. The Hall–Kier alpha value is -1.67. The van der Waals surface area contributed by atoms with Gasteiger partial charge in [0.15, 0.2) is 0 Å². The van der Waals surface area contributed by atoms with Gasteiger partial charge < -0.3 is 5.11 Å². The van der Waals surface area contributed by atoms with Crippen molar-refractivity contribution < 1.29 is 5.11 Å². The van der Waals surface area contributed by atoms with Crippen LogP contribution < -0.4 is 0 Å². The van der Waals surface area contributed by atoms with Gasteiger partial charge in [-0.3, -0.25) is 4.98 Å². The van der Waals surface area contributed by atoms with E-state index in [1.807, 2.05) is 43.3 Å². The molecule has 0 aliphatic heterocycles. The maximum atomic E-state index is 10.5. The molecule has 1 N–H and O–H groups in total. The lowest BCUT2D eigenvalue weighted by molar-refractivity contribution is 0.102. The lowest BCUT2D eigenvalue weighted by Gasteiger charge is -2.24. The highest BCUT2D eigenvalue weighted by atomic mass is 16.3. The smallest absolute Gasteiger partial charge is 0.113 e. The molecular weight excluding hydrogens is 198 g/mol. The van der Waals surface area contributed by atoms with Gasteiger partial charge in [-0.1, -0.05) is 35.9 Å². The number of hydrogen-bond acceptors (Lipinski definition) is 2. The van der Waals surface area contributed by atoms with Crippen molar-refractivity contribution in [3.05, 3.63) is 65.5 Å². The van der Waals surface area contributed by atoms with E-state index in [0.29, 0.717) is 0 Å². The van der Waals surface area contributed by atoms with E-state index in [1.165, 1.54) is 0 Å². The summed E-state index contributed by atoms with van der Waals surface area (Å²) in [4.78, 5) is 4.04. The predicted octanol–water partition coefficient (Wildman–Crippen LogP) is 2.65. The van der Waals surface area contributed by atoms with Crippen molar-refractivity contribution >= 4 is 0 Å². The average Bonchev–Trinajstić information content (AvgIpc) is 2.30. The van der Waals surface area contributed by atoms with Crippen LogP contribution in [-0.4, -0.2) is 10.1 Å². The summed E-state index contributed by atoms with van der Waals surface area (Å²) in [6, 6.07) is 11.6. The van der Waals surface area contributed by atoms with Crippen LogP contribution in [0, 0.1) is 6.92 Å². The minimum absolute atomic E-state index is 0.806. The molecule has 2 rings (SSSR count). The molecule has 2 heteroatoms. The summed E-state index contributed by atoms with van der Waals surface area (Å²) >= 11 is 0. The number of nitrogens with zero attached hydrogens (tertiary/aromatic N) is 1. The molecule has 0 saturated heterocycles. The minimum Gasteiger partial charge on any atom is -0.381 e. The largest absolute Gasteiger partial charge is 0.381 e. The molecule has 1 aromatic carbocycles. The lowest BCUT2D eigenvalue weighted by atomic mass is 9.88. The first kappa shape index (κ1) is 10.8. The van der Waals surface area contributed by atoms with E-state index in [-0.39, 0.29) is 0 Å². The number of aryl methyl sites for hydroxylation is 1. The van der Waals surface area contributed by atoms with Crippen LogP contribution in [0.4, 0.5) is 0 Å². The van der Waals surface area contributed by atoms with Gasteiger partial charge in [0.1, 0.15) is 5.60 Å². The molecular formula is C14H15NO. The van der Waals surface area contributed by atoms with E-state index < -0.39 is 5.60 Å². The molecule has 0 bridgehead atoms. The van der Waals surface area contributed by atoms with Crippen molar-refractivity contribution in [3.63, 3.8) is 0 Å². The second-order valence-electron chi connectivity index (χ2n) is 4.18. The van der Waals surface area contributed by atoms with E-state index in [0.717, 1.165) is 16.7 Å². The molecule has 82 valence electrons. The Labute approximate surface area is 95.6 Å². The topological polar surface area (TPSA) is 33.1 Å². The summed E-state index contributed by atoms with van der Waals surface area (Å²) in [5.41, 5.74) is 1.85. The summed E-state index contributed by atoms with van der Waals surface area (Å²) in [7, 11) is 0. The zero-order valence-corrected chi connectivity index (χ0v) is 9.51. The maximum Gasteiger partial charge on any atom is 0.113 e. The molecule has 1 atom stereocenters. The van der Waals surface area contributed by atoms with Gasteiger partial charge in [0.05, 0.1) is 0 Å². The Morgan fingerprint density at radius 2 is 1.88 bits per heavy atom. The van der Waals surface area contributed by atoms with Gasteiger partial charge in [0, 0.05) is 18.0 Å². The average molecular weight is 213 g/mol. The molecule has 0 radical (unpaired) electrons. The number of rotatable bonds is 2. The van der Waals surface area contributed by atoms with Gasteiger partial charge in [-0.2, -0.15) is 0 Å².